The molecule has 0 saturated heterocycles. The molecule has 0 atom stereocenters. The van der Waals surface area contributed by atoms with Crippen LogP contribution in [0.4, 0.5) is 0 Å². The van der Waals surface area contributed by atoms with Gasteiger partial charge in [-0.05, 0) is 0 Å². The smallest absolute Gasteiger partial charge is 0.191 e. The molecule has 18 heavy (non-hydrogen) atoms. The first kappa shape index (κ1) is 12.6. The number of benzene rings is 1. The zero-order valence-corrected chi connectivity index (χ0v) is 11.3. The molecular weight excluding hydrogens is 244 g/mol. The highest BCUT2D eigenvalue weighted by atomic mass is 32.1. The topological polar surface area (TPSA) is 49.3 Å². The number of hydrogen-bond donors (Lipinski definition) is 2. The fourth-order valence-electron chi connectivity index (χ4n) is 1.57. The van der Waals surface area contributed by atoms with Gasteiger partial charge in [0.25, 0.3) is 0 Å². The van der Waals surface area contributed by atoms with E-state index < -0.39 is 0 Å². The van der Waals surface area contributed by atoms with Crippen molar-refractivity contribution >= 4 is 17.3 Å². The third-order valence-corrected chi connectivity index (χ3v) is 3.34. The van der Waals surface area contributed by atoms with Gasteiger partial charge in [-0.15, -0.1) is 11.3 Å². The molecular formula is C13H16N4S. The Morgan fingerprint density at radius 2 is 2.11 bits per heavy atom. The quantitative estimate of drug-likeness (QED) is 0.656. The average Bonchev–Trinajstić information content (AvgIpc) is 2.90. The van der Waals surface area contributed by atoms with Gasteiger partial charge in [-0.1, -0.05) is 30.3 Å². The van der Waals surface area contributed by atoms with Gasteiger partial charge in [0, 0.05) is 25.0 Å². The third-order valence-electron chi connectivity index (χ3n) is 2.49. The highest BCUT2D eigenvalue weighted by Crippen LogP contribution is 2.21. The van der Waals surface area contributed by atoms with E-state index in [-0.39, 0.29) is 0 Å². The number of hydrogen-bond acceptors (Lipinski definition) is 3. The van der Waals surface area contributed by atoms with Crippen molar-refractivity contribution in [2.75, 3.05) is 14.1 Å². The third kappa shape index (κ3) is 3.07. The van der Waals surface area contributed by atoms with E-state index in [2.05, 4.69) is 38.1 Å². The van der Waals surface area contributed by atoms with Crippen molar-refractivity contribution in [3.63, 3.8) is 0 Å². The normalized spacial score (nSPS) is 11.3. The summed E-state index contributed by atoms with van der Waals surface area (Å²) in [5.74, 6) is 0.770. The van der Waals surface area contributed by atoms with Gasteiger partial charge in [0.1, 0.15) is 5.01 Å². The van der Waals surface area contributed by atoms with Gasteiger partial charge >= 0.3 is 0 Å². The molecule has 0 radical (unpaired) electrons. The number of nitrogens with one attached hydrogen (secondary N) is 2. The van der Waals surface area contributed by atoms with Gasteiger partial charge in [0.15, 0.2) is 5.96 Å². The Labute approximate surface area is 111 Å². The zero-order chi connectivity index (χ0) is 12.8. The lowest BCUT2D eigenvalue weighted by Crippen LogP contribution is -2.33. The molecule has 5 heteroatoms. The van der Waals surface area contributed by atoms with Crippen molar-refractivity contribution in [1.82, 2.24) is 15.6 Å². The molecule has 1 aromatic carbocycles. The Morgan fingerprint density at radius 3 is 2.78 bits per heavy atom. The van der Waals surface area contributed by atoms with E-state index in [0.29, 0.717) is 6.54 Å². The van der Waals surface area contributed by atoms with Crippen LogP contribution in [0.1, 0.15) is 5.01 Å². The van der Waals surface area contributed by atoms with Crippen LogP contribution in [-0.4, -0.2) is 25.0 Å². The molecule has 2 aromatic rings. The van der Waals surface area contributed by atoms with E-state index in [4.69, 9.17) is 0 Å². The van der Waals surface area contributed by atoms with Crippen LogP contribution >= 0.6 is 11.3 Å². The molecule has 0 amide bonds. The SMILES string of the molecule is CN=C(NC)NCc1nc(-c2ccccc2)cs1. The van der Waals surface area contributed by atoms with Crippen LogP contribution in [0.25, 0.3) is 11.3 Å². The van der Waals surface area contributed by atoms with E-state index in [0.717, 1.165) is 22.2 Å². The maximum atomic E-state index is 4.59. The van der Waals surface area contributed by atoms with E-state index in [1.54, 1.807) is 18.4 Å². The molecule has 1 heterocycles. The summed E-state index contributed by atoms with van der Waals surface area (Å²) in [5.41, 5.74) is 2.18. The average molecular weight is 260 g/mol. The highest BCUT2D eigenvalue weighted by Gasteiger charge is 2.04. The summed E-state index contributed by atoms with van der Waals surface area (Å²) >= 11 is 1.65. The molecule has 0 saturated carbocycles. The van der Waals surface area contributed by atoms with Crippen LogP contribution in [0.5, 0.6) is 0 Å². The second-order valence-corrected chi connectivity index (χ2v) is 4.61. The van der Waals surface area contributed by atoms with E-state index in [1.165, 1.54) is 0 Å². The lowest BCUT2D eigenvalue weighted by atomic mass is 10.2. The largest absolute Gasteiger partial charge is 0.359 e. The minimum Gasteiger partial charge on any atom is -0.359 e. The lowest BCUT2D eigenvalue weighted by molar-refractivity contribution is 0.858. The van der Waals surface area contributed by atoms with Gasteiger partial charge < -0.3 is 10.6 Å². The fraction of sp³-hybridized carbons (Fsp3) is 0.231. The van der Waals surface area contributed by atoms with Crippen molar-refractivity contribution in [3.8, 4) is 11.3 Å². The van der Waals surface area contributed by atoms with Crippen LogP contribution in [-0.2, 0) is 6.54 Å². The Bertz CT molecular complexity index is 519. The molecule has 0 fully saturated rings. The maximum absolute atomic E-state index is 4.59. The first-order chi connectivity index (χ1) is 8.83. The number of thiazole rings is 1. The van der Waals surface area contributed by atoms with Crippen molar-refractivity contribution < 1.29 is 0 Å². The fourth-order valence-corrected chi connectivity index (χ4v) is 2.32. The summed E-state index contributed by atoms with van der Waals surface area (Å²) in [6.45, 7) is 0.686. The van der Waals surface area contributed by atoms with Gasteiger partial charge in [0.05, 0.1) is 12.2 Å². The summed E-state index contributed by atoms with van der Waals surface area (Å²) in [5, 5.41) is 9.29. The van der Waals surface area contributed by atoms with Gasteiger partial charge in [-0.25, -0.2) is 4.98 Å². The monoisotopic (exact) mass is 260 g/mol. The van der Waals surface area contributed by atoms with Crippen LogP contribution in [0.3, 0.4) is 0 Å². The van der Waals surface area contributed by atoms with Gasteiger partial charge in [-0.2, -0.15) is 0 Å². The van der Waals surface area contributed by atoms with Crippen LogP contribution in [0, 0.1) is 0 Å². The van der Waals surface area contributed by atoms with Gasteiger partial charge in [0.2, 0.25) is 0 Å². The molecule has 0 bridgehead atoms. The molecule has 4 nitrogen and oxygen atoms in total. The summed E-state index contributed by atoms with van der Waals surface area (Å²) in [6, 6.07) is 10.2. The molecule has 0 aliphatic carbocycles. The Morgan fingerprint density at radius 1 is 1.33 bits per heavy atom. The first-order valence-corrected chi connectivity index (χ1v) is 6.59. The zero-order valence-electron chi connectivity index (χ0n) is 10.5. The van der Waals surface area contributed by atoms with Crippen molar-refractivity contribution in [1.29, 1.82) is 0 Å². The Balaban J connectivity index is 2.03. The summed E-state index contributed by atoms with van der Waals surface area (Å²) in [7, 11) is 3.59. The summed E-state index contributed by atoms with van der Waals surface area (Å²) in [4.78, 5) is 8.65. The summed E-state index contributed by atoms with van der Waals surface area (Å²) in [6.07, 6.45) is 0. The maximum Gasteiger partial charge on any atom is 0.191 e. The number of rotatable bonds is 3. The first-order valence-electron chi connectivity index (χ1n) is 5.71. The minimum atomic E-state index is 0.686. The predicted octanol–water partition coefficient (Wildman–Crippen LogP) is 2.10. The Kier molecular flexibility index (Phi) is 4.30. The second kappa shape index (κ2) is 6.16. The Hall–Kier alpha value is -1.88. The standard InChI is InChI=1S/C13H16N4S/c1-14-13(15-2)16-8-12-17-11(9-18-12)10-6-4-3-5-7-10/h3-7,9H,8H2,1-2H3,(H2,14,15,16). The molecule has 0 aliphatic rings. The van der Waals surface area contributed by atoms with Crippen molar-refractivity contribution in [2.24, 2.45) is 4.99 Å². The minimum absolute atomic E-state index is 0.686. The van der Waals surface area contributed by atoms with Gasteiger partial charge in [-0.3, -0.25) is 4.99 Å². The van der Waals surface area contributed by atoms with E-state index >= 15 is 0 Å². The number of aromatic nitrogens is 1. The second-order valence-electron chi connectivity index (χ2n) is 3.67. The lowest BCUT2D eigenvalue weighted by Gasteiger charge is -2.05. The molecule has 0 spiro atoms. The number of nitrogens with zero attached hydrogens (tertiary/aromatic N) is 2. The molecule has 94 valence electrons. The molecule has 0 aliphatic heterocycles. The highest BCUT2D eigenvalue weighted by molar-refractivity contribution is 7.09. The molecule has 2 rings (SSSR count). The molecule has 1 aromatic heterocycles. The van der Waals surface area contributed by atoms with Crippen molar-refractivity contribution in [2.45, 2.75) is 6.54 Å². The van der Waals surface area contributed by atoms with Crippen LogP contribution in [0.15, 0.2) is 40.7 Å². The molecule has 0 unspecified atom stereocenters. The van der Waals surface area contributed by atoms with Crippen LogP contribution in [0.2, 0.25) is 0 Å². The van der Waals surface area contributed by atoms with Crippen LogP contribution < -0.4 is 10.6 Å². The summed E-state index contributed by atoms with van der Waals surface area (Å²) < 4.78 is 0. The number of aliphatic imine (C=N–C) groups is 1. The number of guanidine groups is 1. The predicted molar refractivity (Wildman–Crippen MR) is 76.8 cm³/mol. The van der Waals surface area contributed by atoms with E-state index in [1.807, 2.05) is 25.2 Å². The van der Waals surface area contributed by atoms with E-state index in [9.17, 15) is 0 Å². The van der Waals surface area contributed by atoms with Crippen molar-refractivity contribution in [3.05, 3.63) is 40.7 Å². The molecule has 2 N–H and O–H groups in total.